The number of hydrogen-bond acceptors (Lipinski definition) is 6. The Morgan fingerprint density at radius 2 is 1.83 bits per heavy atom. The smallest absolute Gasteiger partial charge is 0.161 e. The van der Waals surface area contributed by atoms with Gasteiger partial charge in [0.25, 0.3) is 0 Å². The maximum absolute atomic E-state index is 4.96. The highest BCUT2D eigenvalue weighted by Gasteiger charge is 2.17. The highest BCUT2D eigenvalue weighted by molar-refractivity contribution is 5.95. The van der Waals surface area contributed by atoms with E-state index < -0.39 is 0 Å². The number of nitrogens with zero attached hydrogens (tertiary/aromatic N) is 6. The van der Waals surface area contributed by atoms with E-state index in [-0.39, 0.29) is 0 Å². The van der Waals surface area contributed by atoms with Gasteiger partial charge in [-0.2, -0.15) is 5.10 Å². The summed E-state index contributed by atoms with van der Waals surface area (Å²) in [7, 11) is 4.08. The molecule has 5 aromatic heterocycles. The Morgan fingerprint density at radius 3 is 2.57 bits per heavy atom. The molecule has 5 rings (SSSR count). The monoisotopic (exact) mass is 462 g/mol. The number of hydrogen-bond donors (Lipinski definition) is 2. The molecule has 0 aliphatic heterocycles. The molecule has 5 heterocycles. The van der Waals surface area contributed by atoms with Crippen LogP contribution in [0.4, 0.5) is 0 Å². The van der Waals surface area contributed by atoms with Crippen molar-refractivity contribution in [2.75, 3.05) is 20.6 Å². The van der Waals surface area contributed by atoms with E-state index in [1.165, 1.54) is 0 Å². The minimum Gasteiger partial charge on any atom is -0.335 e. The fourth-order valence-corrected chi connectivity index (χ4v) is 4.05. The summed E-state index contributed by atoms with van der Waals surface area (Å²) in [6.07, 6.45) is 13.2. The number of rotatable bonds is 7. The van der Waals surface area contributed by atoms with Gasteiger partial charge in [0, 0.05) is 30.7 Å². The van der Waals surface area contributed by atoms with E-state index in [0.29, 0.717) is 11.5 Å². The lowest BCUT2D eigenvalue weighted by atomic mass is 10.1. The van der Waals surface area contributed by atoms with Gasteiger partial charge in [0.2, 0.25) is 0 Å². The molecule has 0 unspecified atom stereocenters. The Morgan fingerprint density at radius 1 is 1.00 bits per heavy atom. The zero-order valence-electron chi connectivity index (χ0n) is 19.9. The summed E-state index contributed by atoms with van der Waals surface area (Å²) in [6, 6.07) is 7.89. The lowest BCUT2D eigenvalue weighted by Crippen LogP contribution is -2.14. The van der Waals surface area contributed by atoms with E-state index in [4.69, 9.17) is 9.97 Å². The van der Waals surface area contributed by atoms with Crippen LogP contribution in [0.2, 0.25) is 0 Å². The van der Waals surface area contributed by atoms with Crippen molar-refractivity contribution in [3.8, 4) is 22.6 Å². The average Bonchev–Trinajstić information content (AvgIpc) is 3.50. The molecule has 8 heteroatoms. The molecule has 0 aliphatic carbocycles. The first-order chi connectivity index (χ1) is 17.1. The number of imidazole rings is 1. The van der Waals surface area contributed by atoms with Gasteiger partial charge in [0.1, 0.15) is 5.52 Å². The van der Waals surface area contributed by atoms with Crippen LogP contribution in [0.3, 0.4) is 0 Å². The minimum atomic E-state index is 0.635. The molecule has 0 aliphatic rings. The Labute approximate surface area is 203 Å². The molecule has 35 heavy (non-hydrogen) atoms. The van der Waals surface area contributed by atoms with Crippen molar-refractivity contribution in [3.05, 3.63) is 85.1 Å². The average molecular weight is 463 g/mol. The van der Waals surface area contributed by atoms with Crippen molar-refractivity contribution < 1.29 is 0 Å². The predicted molar refractivity (Wildman–Crippen MR) is 140 cm³/mol. The first-order valence-corrected chi connectivity index (χ1v) is 11.3. The van der Waals surface area contributed by atoms with Gasteiger partial charge < -0.3 is 9.88 Å². The van der Waals surface area contributed by atoms with Gasteiger partial charge in [-0.15, -0.1) is 0 Å². The number of nitrogens with one attached hydrogen (secondary N) is 2. The molecule has 0 saturated heterocycles. The fourth-order valence-electron chi connectivity index (χ4n) is 4.05. The lowest BCUT2D eigenvalue weighted by molar-refractivity contribution is 0.449. The third kappa shape index (κ3) is 4.39. The zero-order valence-corrected chi connectivity index (χ0v) is 19.9. The Balaban J connectivity index is 1.59. The van der Waals surface area contributed by atoms with Crippen molar-refractivity contribution in [1.29, 1.82) is 0 Å². The number of allylic oxidation sites excluding steroid dienone is 3. The van der Waals surface area contributed by atoms with E-state index >= 15 is 0 Å². The largest absolute Gasteiger partial charge is 0.335 e. The molecular weight excluding hydrogens is 436 g/mol. The van der Waals surface area contributed by atoms with Gasteiger partial charge in [0.15, 0.2) is 11.5 Å². The van der Waals surface area contributed by atoms with E-state index in [0.717, 1.165) is 56.6 Å². The third-order valence-corrected chi connectivity index (χ3v) is 5.73. The Kier molecular flexibility index (Phi) is 6.03. The predicted octanol–water partition coefficient (Wildman–Crippen LogP) is 5.04. The van der Waals surface area contributed by atoms with Crippen molar-refractivity contribution in [3.63, 3.8) is 0 Å². The Hall–Kier alpha value is -4.43. The SMILES string of the molecule is C=C/C(=C\C(=C/C)c1ccc2[nH]nc(-c3nc4c(-c5ccncc5)cncc4[nH]3)c2n1)CN(C)C. The number of fused-ring (bicyclic) bond motifs is 2. The van der Waals surface area contributed by atoms with Crippen molar-refractivity contribution in [1.82, 2.24) is 40.0 Å². The normalized spacial score (nSPS) is 12.7. The van der Waals surface area contributed by atoms with Gasteiger partial charge in [-0.25, -0.2) is 9.97 Å². The van der Waals surface area contributed by atoms with Gasteiger partial charge in [-0.1, -0.05) is 18.7 Å². The van der Waals surface area contributed by atoms with Crippen LogP contribution < -0.4 is 0 Å². The van der Waals surface area contributed by atoms with E-state index in [9.17, 15) is 0 Å². The highest BCUT2D eigenvalue weighted by Crippen LogP contribution is 2.30. The van der Waals surface area contributed by atoms with Crippen molar-refractivity contribution >= 4 is 27.6 Å². The van der Waals surface area contributed by atoms with Crippen LogP contribution in [-0.2, 0) is 0 Å². The number of pyridine rings is 3. The second-order valence-electron chi connectivity index (χ2n) is 8.47. The van der Waals surface area contributed by atoms with Crippen LogP contribution in [0.25, 0.3) is 50.3 Å². The first kappa shape index (κ1) is 22.4. The molecule has 0 spiro atoms. The molecule has 0 atom stereocenters. The maximum atomic E-state index is 4.96. The molecule has 5 aromatic rings. The van der Waals surface area contributed by atoms with Gasteiger partial charge in [-0.05, 0) is 68.1 Å². The maximum Gasteiger partial charge on any atom is 0.161 e. The van der Waals surface area contributed by atoms with Gasteiger partial charge >= 0.3 is 0 Å². The van der Waals surface area contributed by atoms with Crippen LogP contribution in [0, 0.1) is 0 Å². The molecule has 174 valence electrons. The summed E-state index contributed by atoms with van der Waals surface area (Å²) in [6.45, 7) is 6.77. The summed E-state index contributed by atoms with van der Waals surface area (Å²) in [4.78, 5) is 23.8. The van der Waals surface area contributed by atoms with Crippen LogP contribution in [0.1, 0.15) is 12.6 Å². The van der Waals surface area contributed by atoms with E-state index in [1.54, 1.807) is 18.6 Å². The minimum absolute atomic E-state index is 0.635. The Bertz CT molecular complexity index is 1570. The van der Waals surface area contributed by atoms with Crippen LogP contribution in [0.15, 0.2) is 79.4 Å². The number of H-pyrrole nitrogens is 2. The number of aromatic amines is 2. The highest BCUT2D eigenvalue weighted by atomic mass is 15.2. The second-order valence-corrected chi connectivity index (χ2v) is 8.47. The summed E-state index contributed by atoms with van der Waals surface area (Å²) in [5.41, 5.74) is 8.84. The standard InChI is InChI=1S/C27H26N8/c1-5-17(16-35(3)4)13-18(6-2)21-7-8-22-25(30-21)26(34-33-22)27-31-23-15-29-14-20(24(23)32-27)19-9-11-28-12-10-19/h5-15H,1,16H2,2-4H3,(H,31,32)(H,33,34)/b17-13+,18-6+. The summed E-state index contributed by atoms with van der Waals surface area (Å²) in [5.74, 6) is 0.635. The molecule has 0 amide bonds. The molecular formula is C27H26N8. The van der Waals surface area contributed by atoms with E-state index in [2.05, 4.69) is 48.8 Å². The van der Waals surface area contributed by atoms with Crippen molar-refractivity contribution in [2.24, 2.45) is 0 Å². The van der Waals surface area contributed by atoms with Crippen LogP contribution >= 0.6 is 0 Å². The molecule has 0 fully saturated rings. The molecule has 0 radical (unpaired) electrons. The zero-order chi connectivity index (χ0) is 24.4. The topological polar surface area (TPSA) is 99.3 Å². The third-order valence-electron chi connectivity index (χ3n) is 5.73. The summed E-state index contributed by atoms with van der Waals surface area (Å²) in [5, 5.41) is 7.62. The second kappa shape index (κ2) is 9.44. The molecule has 0 bridgehead atoms. The van der Waals surface area contributed by atoms with Gasteiger partial charge in [0.05, 0.1) is 28.4 Å². The van der Waals surface area contributed by atoms with Gasteiger partial charge in [-0.3, -0.25) is 15.1 Å². The first-order valence-electron chi connectivity index (χ1n) is 11.3. The van der Waals surface area contributed by atoms with Crippen molar-refractivity contribution in [2.45, 2.75) is 6.92 Å². The van der Waals surface area contributed by atoms with Crippen LogP contribution in [0.5, 0.6) is 0 Å². The lowest BCUT2D eigenvalue weighted by Gasteiger charge is -2.11. The summed E-state index contributed by atoms with van der Waals surface area (Å²) < 4.78 is 0. The number of likely N-dealkylation sites (N-methyl/N-ethyl adjacent to an activating group) is 1. The van der Waals surface area contributed by atoms with E-state index in [1.807, 2.05) is 57.6 Å². The molecule has 8 nitrogen and oxygen atoms in total. The molecule has 0 aromatic carbocycles. The quantitative estimate of drug-likeness (QED) is 0.329. The fraction of sp³-hybridized carbons (Fsp3) is 0.148. The number of aromatic nitrogens is 7. The van der Waals surface area contributed by atoms with Crippen LogP contribution in [-0.4, -0.2) is 60.7 Å². The molecule has 0 saturated carbocycles. The summed E-state index contributed by atoms with van der Waals surface area (Å²) >= 11 is 0. The molecule has 2 N–H and O–H groups in total.